The third-order valence-electron chi connectivity index (χ3n) is 3.57. The molecule has 7 heteroatoms. The molecule has 106 valence electrons. The normalized spacial score (nSPS) is 18.9. The molecule has 2 heterocycles. The molecule has 0 unspecified atom stereocenters. The van der Waals surface area contributed by atoms with Gasteiger partial charge in [0.2, 0.25) is 0 Å². The van der Waals surface area contributed by atoms with Crippen LogP contribution in [0.2, 0.25) is 0 Å². The third-order valence-corrected chi connectivity index (χ3v) is 3.57. The maximum Gasteiger partial charge on any atom is 0.293 e. The molecule has 1 fully saturated rings. The molecule has 0 bridgehead atoms. The lowest BCUT2D eigenvalue weighted by molar-refractivity contribution is -0.109. The van der Waals surface area contributed by atoms with Gasteiger partial charge in [-0.05, 0) is 19.8 Å². The first-order chi connectivity index (χ1) is 8.98. The van der Waals surface area contributed by atoms with E-state index in [0.29, 0.717) is 6.54 Å². The van der Waals surface area contributed by atoms with Crippen molar-refractivity contribution >= 4 is 5.82 Å². The Kier molecular flexibility index (Phi) is 3.84. The van der Waals surface area contributed by atoms with Crippen LogP contribution in [0.4, 0.5) is 14.6 Å². The van der Waals surface area contributed by atoms with E-state index in [2.05, 4.69) is 4.98 Å². The van der Waals surface area contributed by atoms with Gasteiger partial charge in [0.15, 0.2) is 5.82 Å². The van der Waals surface area contributed by atoms with E-state index in [1.807, 2.05) is 6.92 Å². The van der Waals surface area contributed by atoms with Crippen molar-refractivity contribution in [2.45, 2.75) is 38.3 Å². The quantitative estimate of drug-likeness (QED) is 0.887. The smallest absolute Gasteiger partial charge is 0.293 e. The van der Waals surface area contributed by atoms with Crippen LogP contribution in [0.1, 0.15) is 19.8 Å². The average molecular weight is 273 g/mol. The molecule has 0 atom stereocenters. The number of anilines is 1. The molecule has 0 aliphatic carbocycles. The predicted octanol–water partition coefficient (Wildman–Crippen LogP) is 0.860. The highest BCUT2D eigenvalue weighted by Crippen LogP contribution is 2.29. The average Bonchev–Trinajstić information content (AvgIpc) is 2.40. The van der Waals surface area contributed by atoms with Crippen LogP contribution in [-0.2, 0) is 6.54 Å². The number of hydrogen-bond donors (Lipinski definition) is 1. The summed E-state index contributed by atoms with van der Waals surface area (Å²) in [5.74, 6) is 0.265. The summed E-state index contributed by atoms with van der Waals surface area (Å²) in [6.07, 6.45) is 0.227. The SMILES string of the molecule is CCn1ccnc(N2CCC(O)(C(F)F)CC2)c1=O. The lowest BCUT2D eigenvalue weighted by Gasteiger charge is -2.37. The number of aromatic nitrogens is 2. The zero-order chi connectivity index (χ0) is 14.0. The Labute approximate surface area is 109 Å². The van der Waals surface area contributed by atoms with Crippen LogP contribution in [0, 0.1) is 0 Å². The van der Waals surface area contributed by atoms with Crippen molar-refractivity contribution in [3.63, 3.8) is 0 Å². The fourth-order valence-corrected chi connectivity index (χ4v) is 2.23. The zero-order valence-electron chi connectivity index (χ0n) is 10.7. The molecular formula is C12H17F2N3O2. The van der Waals surface area contributed by atoms with Crippen LogP contribution in [0.25, 0.3) is 0 Å². The highest BCUT2D eigenvalue weighted by molar-refractivity contribution is 5.36. The number of halogens is 2. The summed E-state index contributed by atoms with van der Waals surface area (Å²) < 4.78 is 26.9. The molecule has 1 N–H and O–H groups in total. The van der Waals surface area contributed by atoms with Crippen LogP contribution in [-0.4, -0.2) is 39.8 Å². The standard InChI is InChI=1S/C12H17F2N3O2/c1-2-16-8-5-15-9(10(16)18)17-6-3-12(19,4-7-17)11(13)14/h5,8,11,19H,2-4,6-7H2,1H3. The fourth-order valence-electron chi connectivity index (χ4n) is 2.23. The molecule has 0 saturated carbocycles. The Bertz CT molecular complexity index is 496. The molecule has 1 aromatic heterocycles. The van der Waals surface area contributed by atoms with Crippen molar-refractivity contribution < 1.29 is 13.9 Å². The highest BCUT2D eigenvalue weighted by atomic mass is 19.3. The van der Waals surface area contributed by atoms with E-state index in [9.17, 15) is 18.7 Å². The van der Waals surface area contributed by atoms with Crippen molar-refractivity contribution in [1.29, 1.82) is 0 Å². The number of alkyl halides is 2. The van der Waals surface area contributed by atoms with Crippen LogP contribution in [0.5, 0.6) is 0 Å². The maximum absolute atomic E-state index is 12.7. The summed E-state index contributed by atoms with van der Waals surface area (Å²) in [7, 11) is 0. The van der Waals surface area contributed by atoms with Crippen molar-refractivity contribution in [2.75, 3.05) is 18.0 Å². The number of rotatable bonds is 3. The number of piperidine rings is 1. The van der Waals surface area contributed by atoms with Crippen LogP contribution in [0.3, 0.4) is 0 Å². The van der Waals surface area contributed by atoms with Crippen molar-refractivity contribution in [3.05, 3.63) is 22.7 Å². The second-order valence-electron chi connectivity index (χ2n) is 4.73. The van der Waals surface area contributed by atoms with Gasteiger partial charge in [-0.3, -0.25) is 4.79 Å². The second kappa shape index (κ2) is 5.24. The molecule has 0 amide bonds. The van der Waals surface area contributed by atoms with Gasteiger partial charge in [-0.2, -0.15) is 0 Å². The first kappa shape index (κ1) is 13.9. The maximum atomic E-state index is 12.7. The van der Waals surface area contributed by atoms with E-state index in [0.717, 1.165) is 0 Å². The Morgan fingerprint density at radius 3 is 2.63 bits per heavy atom. The molecular weight excluding hydrogens is 256 g/mol. The number of aryl methyl sites for hydroxylation is 1. The van der Waals surface area contributed by atoms with Gasteiger partial charge in [-0.1, -0.05) is 0 Å². The Hall–Kier alpha value is -1.50. The van der Waals surface area contributed by atoms with Crippen LogP contribution < -0.4 is 10.5 Å². The molecule has 1 aliphatic heterocycles. The number of hydrogen-bond acceptors (Lipinski definition) is 4. The predicted molar refractivity (Wildman–Crippen MR) is 66.6 cm³/mol. The van der Waals surface area contributed by atoms with Gasteiger partial charge < -0.3 is 14.6 Å². The monoisotopic (exact) mass is 273 g/mol. The zero-order valence-corrected chi connectivity index (χ0v) is 10.7. The summed E-state index contributed by atoms with van der Waals surface area (Å²) >= 11 is 0. The lowest BCUT2D eigenvalue weighted by atomic mass is 9.92. The van der Waals surface area contributed by atoms with Gasteiger partial charge >= 0.3 is 0 Å². The molecule has 1 aromatic rings. The highest BCUT2D eigenvalue weighted by Gasteiger charge is 2.41. The van der Waals surface area contributed by atoms with E-state index >= 15 is 0 Å². The molecule has 0 spiro atoms. The van der Waals surface area contributed by atoms with Crippen molar-refractivity contribution in [3.8, 4) is 0 Å². The lowest BCUT2D eigenvalue weighted by Crippen LogP contribution is -2.50. The summed E-state index contributed by atoms with van der Waals surface area (Å²) in [4.78, 5) is 17.7. The third kappa shape index (κ3) is 2.60. The van der Waals surface area contributed by atoms with Gasteiger partial charge in [0.05, 0.1) is 0 Å². The van der Waals surface area contributed by atoms with Crippen molar-refractivity contribution in [2.24, 2.45) is 0 Å². The van der Waals surface area contributed by atoms with E-state index < -0.39 is 12.0 Å². The van der Waals surface area contributed by atoms with Crippen molar-refractivity contribution in [1.82, 2.24) is 9.55 Å². The fraction of sp³-hybridized carbons (Fsp3) is 0.667. The van der Waals surface area contributed by atoms with E-state index in [1.54, 1.807) is 11.1 Å². The summed E-state index contributed by atoms with van der Waals surface area (Å²) in [6.45, 7) is 2.79. The van der Waals surface area contributed by atoms with Crippen LogP contribution in [0.15, 0.2) is 17.2 Å². The minimum Gasteiger partial charge on any atom is -0.384 e. The van der Waals surface area contributed by atoms with E-state index in [1.165, 1.54) is 10.8 Å². The minimum absolute atomic E-state index is 0.0627. The first-order valence-corrected chi connectivity index (χ1v) is 6.29. The molecule has 0 aromatic carbocycles. The van der Waals surface area contributed by atoms with Gasteiger partial charge in [-0.15, -0.1) is 0 Å². The summed E-state index contributed by atoms with van der Waals surface area (Å²) in [5.41, 5.74) is -2.16. The number of aliphatic hydroxyl groups is 1. The Morgan fingerprint density at radius 2 is 2.11 bits per heavy atom. The molecule has 19 heavy (non-hydrogen) atoms. The molecule has 0 radical (unpaired) electrons. The molecule has 1 saturated heterocycles. The van der Waals surface area contributed by atoms with E-state index in [4.69, 9.17) is 0 Å². The van der Waals surface area contributed by atoms with Gasteiger partial charge in [0.1, 0.15) is 5.60 Å². The van der Waals surface area contributed by atoms with Gasteiger partial charge in [0.25, 0.3) is 12.0 Å². The molecule has 1 aliphatic rings. The van der Waals surface area contributed by atoms with Crippen LogP contribution >= 0.6 is 0 Å². The topological polar surface area (TPSA) is 58.4 Å². The number of nitrogens with zero attached hydrogens (tertiary/aromatic N) is 3. The minimum atomic E-state index is -2.76. The molecule has 2 rings (SSSR count). The summed E-state index contributed by atoms with van der Waals surface area (Å²) in [5, 5.41) is 9.70. The first-order valence-electron chi connectivity index (χ1n) is 6.29. The van der Waals surface area contributed by atoms with Gasteiger partial charge in [-0.25, -0.2) is 13.8 Å². The molecule has 5 nitrogen and oxygen atoms in total. The second-order valence-corrected chi connectivity index (χ2v) is 4.73. The van der Waals surface area contributed by atoms with Gasteiger partial charge in [0, 0.05) is 32.0 Å². The summed E-state index contributed by atoms with van der Waals surface area (Å²) in [6, 6.07) is 0. The van der Waals surface area contributed by atoms with E-state index in [-0.39, 0.29) is 37.3 Å². The largest absolute Gasteiger partial charge is 0.384 e. The Balaban J connectivity index is 2.17. The Morgan fingerprint density at radius 1 is 1.47 bits per heavy atom.